The standard InChI is InChI=1S/C30H38N4O/c1-24-8-5-6-11-27(24)23-35-29-14-12-28(13-15-29)33-30(32-19-7-18-31)34-20-16-26(17-21-34)22-25-9-3-2-4-10-25/h2-6,8-15,26H,7,16-23,31H2,1H3,(H,32,33). The molecule has 0 aliphatic carbocycles. The van der Waals surface area contributed by atoms with Gasteiger partial charge in [0.2, 0.25) is 0 Å². The minimum atomic E-state index is 0.569. The van der Waals surface area contributed by atoms with Gasteiger partial charge in [0.1, 0.15) is 12.4 Å². The molecule has 0 atom stereocenters. The van der Waals surface area contributed by atoms with E-state index in [1.807, 2.05) is 30.3 Å². The quantitative estimate of drug-likeness (QED) is 0.248. The lowest BCUT2D eigenvalue weighted by Gasteiger charge is -2.34. The van der Waals surface area contributed by atoms with Crippen LogP contribution in [0.2, 0.25) is 0 Å². The first-order valence-corrected chi connectivity index (χ1v) is 12.8. The molecule has 0 bridgehead atoms. The molecule has 0 amide bonds. The van der Waals surface area contributed by atoms with Crippen molar-refractivity contribution < 1.29 is 4.74 Å². The van der Waals surface area contributed by atoms with Crippen molar-refractivity contribution in [1.82, 2.24) is 10.2 Å². The fourth-order valence-corrected chi connectivity index (χ4v) is 4.49. The number of hydrogen-bond acceptors (Lipinski definition) is 3. The van der Waals surface area contributed by atoms with Crippen LogP contribution in [0.25, 0.3) is 0 Å². The average Bonchev–Trinajstić information content (AvgIpc) is 2.90. The highest BCUT2D eigenvalue weighted by Gasteiger charge is 2.22. The Morgan fingerprint density at radius 3 is 2.40 bits per heavy atom. The molecule has 184 valence electrons. The Hall–Kier alpha value is -3.31. The molecular formula is C30H38N4O. The molecule has 3 aromatic rings. The van der Waals surface area contributed by atoms with Crippen LogP contribution in [-0.4, -0.2) is 37.0 Å². The summed E-state index contributed by atoms with van der Waals surface area (Å²) in [5.41, 5.74) is 10.5. The molecular weight excluding hydrogens is 432 g/mol. The number of ether oxygens (including phenoxy) is 1. The van der Waals surface area contributed by atoms with Gasteiger partial charge in [-0.25, -0.2) is 4.99 Å². The van der Waals surface area contributed by atoms with E-state index < -0.39 is 0 Å². The number of likely N-dealkylation sites (tertiary alicyclic amines) is 1. The summed E-state index contributed by atoms with van der Waals surface area (Å²) in [4.78, 5) is 7.36. The van der Waals surface area contributed by atoms with E-state index in [2.05, 4.69) is 65.7 Å². The molecule has 4 rings (SSSR count). The van der Waals surface area contributed by atoms with Crippen LogP contribution in [0.3, 0.4) is 0 Å². The summed E-state index contributed by atoms with van der Waals surface area (Å²) in [7, 11) is 0. The molecule has 1 heterocycles. The summed E-state index contributed by atoms with van der Waals surface area (Å²) in [6.07, 6.45) is 4.44. The second kappa shape index (κ2) is 13.0. The Bertz CT molecular complexity index is 1060. The third kappa shape index (κ3) is 7.59. The Balaban J connectivity index is 1.36. The molecule has 0 spiro atoms. The van der Waals surface area contributed by atoms with Gasteiger partial charge in [0.25, 0.3) is 0 Å². The van der Waals surface area contributed by atoms with Crippen LogP contribution in [0.15, 0.2) is 83.9 Å². The van der Waals surface area contributed by atoms with Crippen molar-refractivity contribution in [2.75, 3.05) is 26.2 Å². The SMILES string of the molecule is Cc1ccccc1COc1ccc(/N=C(\NCCCN)N2CCC(Cc3ccccc3)CC2)cc1. The molecule has 0 unspecified atom stereocenters. The third-order valence-electron chi connectivity index (χ3n) is 6.67. The predicted octanol–water partition coefficient (Wildman–Crippen LogP) is 5.45. The van der Waals surface area contributed by atoms with Crippen molar-refractivity contribution >= 4 is 11.6 Å². The first-order chi connectivity index (χ1) is 17.2. The zero-order chi connectivity index (χ0) is 24.3. The second-order valence-electron chi connectivity index (χ2n) is 9.33. The van der Waals surface area contributed by atoms with Crippen molar-refractivity contribution in [1.29, 1.82) is 0 Å². The summed E-state index contributed by atoms with van der Waals surface area (Å²) >= 11 is 0. The van der Waals surface area contributed by atoms with Gasteiger partial charge in [-0.3, -0.25) is 0 Å². The van der Waals surface area contributed by atoms with Crippen LogP contribution in [0.5, 0.6) is 5.75 Å². The van der Waals surface area contributed by atoms with E-state index in [-0.39, 0.29) is 0 Å². The molecule has 1 saturated heterocycles. The molecule has 3 N–H and O–H groups in total. The second-order valence-corrected chi connectivity index (χ2v) is 9.33. The van der Waals surface area contributed by atoms with Gasteiger partial charge in [-0.2, -0.15) is 0 Å². The maximum Gasteiger partial charge on any atom is 0.199 e. The molecule has 0 saturated carbocycles. The van der Waals surface area contributed by atoms with Crippen LogP contribution in [0.4, 0.5) is 5.69 Å². The number of piperidine rings is 1. The van der Waals surface area contributed by atoms with Crippen molar-refractivity contribution in [3.8, 4) is 5.75 Å². The largest absolute Gasteiger partial charge is 0.489 e. The topological polar surface area (TPSA) is 62.9 Å². The predicted molar refractivity (Wildman–Crippen MR) is 145 cm³/mol. The number of aliphatic imine (C=N–C) groups is 1. The molecule has 0 radical (unpaired) electrons. The van der Waals surface area contributed by atoms with E-state index >= 15 is 0 Å². The molecule has 1 aliphatic rings. The number of guanidine groups is 1. The summed E-state index contributed by atoms with van der Waals surface area (Å²) in [5.74, 6) is 2.53. The van der Waals surface area contributed by atoms with Crippen LogP contribution >= 0.6 is 0 Å². The monoisotopic (exact) mass is 470 g/mol. The fourth-order valence-electron chi connectivity index (χ4n) is 4.49. The molecule has 5 nitrogen and oxygen atoms in total. The van der Waals surface area contributed by atoms with Gasteiger partial charge >= 0.3 is 0 Å². The first-order valence-electron chi connectivity index (χ1n) is 12.8. The van der Waals surface area contributed by atoms with Crippen LogP contribution in [0, 0.1) is 12.8 Å². The zero-order valence-electron chi connectivity index (χ0n) is 20.8. The fraction of sp³-hybridized carbons (Fsp3) is 0.367. The number of nitrogens with one attached hydrogen (secondary N) is 1. The van der Waals surface area contributed by atoms with Gasteiger partial charge in [0.15, 0.2) is 5.96 Å². The van der Waals surface area contributed by atoms with E-state index in [1.165, 1.54) is 29.5 Å². The number of nitrogens with zero attached hydrogens (tertiary/aromatic N) is 2. The minimum absolute atomic E-state index is 0.569. The zero-order valence-corrected chi connectivity index (χ0v) is 20.8. The highest BCUT2D eigenvalue weighted by Crippen LogP contribution is 2.24. The summed E-state index contributed by atoms with van der Waals surface area (Å²) in [6, 6.07) is 27.2. The van der Waals surface area contributed by atoms with E-state index in [1.54, 1.807) is 0 Å². The van der Waals surface area contributed by atoms with Gasteiger partial charge in [-0.05, 0) is 86.0 Å². The van der Waals surface area contributed by atoms with Crippen LogP contribution in [0.1, 0.15) is 36.0 Å². The van der Waals surface area contributed by atoms with E-state index in [0.29, 0.717) is 13.2 Å². The van der Waals surface area contributed by atoms with E-state index in [9.17, 15) is 0 Å². The minimum Gasteiger partial charge on any atom is -0.489 e. The van der Waals surface area contributed by atoms with Crippen molar-refractivity contribution in [3.05, 3.63) is 95.6 Å². The summed E-state index contributed by atoms with van der Waals surface area (Å²) < 4.78 is 6.00. The van der Waals surface area contributed by atoms with E-state index in [0.717, 1.165) is 55.8 Å². The van der Waals surface area contributed by atoms with Gasteiger partial charge in [-0.15, -0.1) is 0 Å². The number of rotatable bonds is 9. The van der Waals surface area contributed by atoms with Gasteiger partial charge < -0.3 is 20.7 Å². The van der Waals surface area contributed by atoms with Crippen LogP contribution < -0.4 is 15.8 Å². The van der Waals surface area contributed by atoms with Crippen LogP contribution in [-0.2, 0) is 13.0 Å². The number of aryl methyl sites for hydroxylation is 1. The first kappa shape index (κ1) is 24.8. The number of hydrogen-bond donors (Lipinski definition) is 2. The lowest BCUT2D eigenvalue weighted by Crippen LogP contribution is -2.46. The highest BCUT2D eigenvalue weighted by atomic mass is 16.5. The maximum atomic E-state index is 6.00. The Morgan fingerprint density at radius 2 is 1.69 bits per heavy atom. The maximum absolute atomic E-state index is 6.00. The Labute approximate surface area is 210 Å². The van der Waals surface area contributed by atoms with Crippen molar-refractivity contribution in [3.63, 3.8) is 0 Å². The van der Waals surface area contributed by atoms with Crippen molar-refractivity contribution in [2.45, 2.75) is 39.2 Å². The van der Waals surface area contributed by atoms with Gasteiger partial charge in [-0.1, -0.05) is 54.6 Å². The molecule has 1 fully saturated rings. The molecule has 5 heteroatoms. The molecule has 35 heavy (non-hydrogen) atoms. The number of nitrogens with two attached hydrogens (primary N) is 1. The third-order valence-corrected chi connectivity index (χ3v) is 6.67. The smallest absolute Gasteiger partial charge is 0.199 e. The number of benzene rings is 3. The summed E-state index contributed by atoms with van der Waals surface area (Å²) in [6.45, 7) is 6.22. The van der Waals surface area contributed by atoms with E-state index in [4.69, 9.17) is 15.5 Å². The van der Waals surface area contributed by atoms with Gasteiger partial charge in [0, 0.05) is 19.6 Å². The molecule has 3 aromatic carbocycles. The Kier molecular flexibility index (Phi) is 9.18. The normalized spacial score (nSPS) is 14.7. The molecule has 1 aliphatic heterocycles. The highest BCUT2D eigenvalue weighted by molar-refractivity contribution is 5.83. The lowest BCUT2D eigenvalue weighted by atomic mass is 9.90. The van der Waals surface area contributed by atoms with Crippen molar-refractivity contribution in [2.24, 2.45) is 16.6 Å². The molecule has 0 aromatic heterocycles. The average molecular weight is 471 g/mol. The summed E-state index contributed by atoms with van der Waals surface area (Å²) in [5, 5.41) is 3.54. The van der Waals surface area contributed by atoms with Gasteiger partial charge in [0.05, 0.1) is 5.69 Å². The Morgan fingerprint density at radius 1 is 0.971 bits per heavy atom. The lowest BCUT2D eigenvalue weighted by molar-refractivity contribution is 0.259.